The van der Waals surface area contributed by atoms with Gasteiger partial charge in [0.25, 0.3) is 0 Å². The van der Waals surface area contributed by atoms with Crippen LogP contribution in [0.25, 0.3) is 0 Å². The fourth-order valence-corrected chi connectivity index (χ4v) is 8.51. The fourth-order valence-electron chi connectivity index (χ4n) is 8.51. The monoisotopic (exact) mass is 589 g/mol. The number of carbonyl (C=O) groups excluding carboxylic acids is 2. The smallest absolute Gasteiger partial charge is 0.309 e. The van der Waals surface area contributed by atoms with Crippen LogP contribution in [0.3, 0.4) is 0 Å². The van der Waals surface area contributed by atoms with Crippen LogP contribution in [-0.4, -0.2) is 25.2 Å². The Labute approximate surface area is 260 Å². The molecule has 0 aromatic carbocycles. The second-order valence-corrected chi connectivity index (χ2v) is 17.6. The first-order chi connectivity index (χ1) is 19.6. The van der Waals surface area contributed by atoms with Gasteiger partial charge in [-0.15, -0.1) is 0 Å². The molecule has 3 saturated carbocycles. The third-order valence-corrected chi connectivity index (χ3v) is 12.0. The van der Waals surface area contributed by atoms with Crippen molar-refractivity contribution in [3.8, 4) is 0 Å². The molecule has 10 unspecified atom stereocenters. The summed E-state index contributed by atoms with van der Waals surface area (Å²) in [7, 11) is 0. The van der Waals surface area contributed by atoms with Crippen molar-refractivity contribution in [3.05, 3.63) is 0 Å². The summed E-state index contributed by atoms with van der Waals surface area (Å²) < 4.78 is 12.2. The molecule has 0 radical (unpaired) electrons. The van der Waals surface area contributed by atoms with Crippen molar-refractivity contribution in [3.63, 3.8) is 0 Å². The van der Waals surface area contributed by atoms with Crippen LogP contribution in [0.15, 0.2) is 0 Å². The van der Waals surface area contributed by atoms with Crippen LogP contribution in [-0.2, 0) is 19.1 Å². The summed E-state index contributed by atoms with van der Waals surface area (Å²) in [6.07, 6.45) is 13.0. The zero-order valence-electron chi connectivity index (χ0n) is 29.3. The van der Waals surface area contributed by atoms with Crippen LogP contribution in [0.1, 0.15) is 146 Å². The molecule has 4 nitrogen and oxygen atoms in total. The predicted molar refractivity (Wildman–Crippen MR) is 174 cm³/mol. The molecule has 3 fully saturated rings. The summed E-state index contributed by atoms with van der Waals surface area (Å²) in [5.41, 5.74) is 0.635. The Bertz CT molecular complexity index is 780. The van der Waals surface area contributed by atoms with E-state index < -0.39 is 0 Å². The second-order valence-electron chi connectivity index (χ2n) is 17.6. The number of hydrogen-bond donors (Lipinski definition) is 0. The van der Waals surface area contributed by atoms with Crippen molar-refractivity contribution in [2.24, 2.45) is 70.0 Å². The van der Waals surface area contributed by atoms with Gasteiger partial charge in [0.2, 0.25) is 0 Å². The van der Waals surface area contributed by atoms with Crippen molar-refractivity contribution >= 4 is 11.9 Å². The summed E-state index contributed by atoms with van der Waals surface area (Å²) in [4.78, 5) is 27.0. The van der Waals surface area contributed by atoms with Gasteiger partial charge in [-0.25, -0.2) is 0 Å². The number of hydrogen-bond acceptors (Lipinski definition) is 4. The molecule has 0 amide bonds. The lowest BCUT2D eigenvalue weighted by atomic mass is 9.65. The molecule has 0 heterocycles. The number of esters is 2. The van der Waals surface area contributed by atoms with E-state index in [9.17, 15) is 9.59 Å². The summed E-state index contributed by atoms with van der Waals surface area (Å²) in [5.74, 6) is 3.81. The average Bonchev–Trinajstić information content (AvgIpc) is 2.91. The molecule has 0 aromatic rings. The zero-order valence-corrected chi connectivity index (χ0v) is 29.3. The standard InChI is InChI=1S/C38H68O4/c1-25-15-17-29(31(27(25)3)19-21-37(5,6)7)23-41-35(39)33-13-11-12-14-34(33)36(40)42-24-30-18-16-26(2)28(4)32(30)20-22-38(8,9)10/h25-34H,11-24H2,1-10H3. The quantitative estimate of drug-likeness (QED) is 0.238. The van der Waals surface area contributed by atoms with E-state index in [0.29, 0.717) is 59.6 Å². The first-order valence-electron chi connectivity index (χ1n) is 17.9. The maximum absolute atomic E-state index is 13.5. The highest BCUT2D eigenvalue weighted by Crippen LogP contribution is 2.44. The highest BCUT2D eigenvalue weighted by molar-refractivity contribution is 5.82. The van der Waals surface area contributed by atoms with Crippen molar-refractivity contribution in [1.82, 2.24) is 0 Å². The minimum atomic E-state index is -0.346. The van der Waals surface area contributed by atoms with Gasteiger partial charge in [-0.05, 0) is 110 Å². The molecule has 0 saturated heterocycles. The topological polar surface area (TPSA) is 52.6 Å². The third-order valence-electron chi connectivity index (χ3n) is 12.0. The van der Waals surface area contributed by atoms with E-state index in [-0.39, 0.29) is 23.8 Å². The van der Waals surface area contributed by atoms with Crippen molar-refractivity contribution < 1.29 is 19.1 Å². The molecular weight excluding hydrogens is 520 g/mol. The highest BCUT2D eigenvalue weighted by Gasteiger charge is 2.41. The summed E-state index contributed by atoms with van der Waals surface area (Å²) in [6, 6.07) is 0. The molecule has 0 N–H and O–H groups in total. The summed E-state index contributed by atoms with van der Waals surface area (Å²) >= 11 is 0. The van der Waals surface area contributed by atoms with Gasteiger partial charge in [0, 0.05) is 0 Å². The number of carbonyl (C=O) groups is 2. The summed E-state index contributed by atoms with van der Waals surface area (Å²) in [5, 5.41) is 0. The lowest BCUT2D eigenvalue weighted by molar-refractivity contribution is -0.166. The van der Waals surface area contributed by atoms with Gasteiger partial charge in [0.1, 0.15) is 0 Å². The van der Waals surface area contributed by atoms with Gasteiger partial charge in [-0.1, -0.05) is 94.9 Å². The van der Waals surface area contributed by atoms with E-state index in [1.165, 1.54) is 38.5 Å². The average molecular weight is 589 g/mol. The van der Waals surface area contributed by atoms with Crippen molar-refractivity contribution in [1.29, 1.82) is 0 Å². The summed E-state index contributed by atoms with van der Waals surface area (Å²) in [6.45, 7) is 24.5. The van der Waals surface area contributed by atoms with Gasteiger partial charge in [-0.2, -0.15) is 0 Å². The minimum Gasteiger partial charge on any atom is -0.465 e. The van der Waals surface area contributed by atoms with Crippen molar-refractivity contribution in [2.45, 2.75) is 146 Å². The van der Waals surface area contributed by atoms with Crippen LogP contribution in [0, 0.1) is 70.0 Å². The number of rotatable bonds is 10. The lowest BCUT2D eigenvalue weighted by Gasteiger charge is -2.42. The Morgan fingerprint density at radius 1 is 0.571 bits per heavy atom. The van der Waals surface area contributed by atoms with E-state index in [1.807, 2.05) is 0 Å². The van der Waals surface area contributed by atoms with E-state index >= 15 is 0 Å². The molecule has 0 bridgehead atoms. The fraction of sp³-hybridized carbons (Fsp3) is 0.947. The van der Waals surface area contributed by atoms with E-state index in [4.69, 9.17) is 9.47 Å². The van der Waals surface area contributed by atoms with E-state index in [0.717, 1.165) is 50.4 Å². The molecule has 3 aliphatic rings. The second kappa shape index (κ2) is 15.3. The molecule has 3 rings (SSSR count). The van der Waals surface area contributed by atoms with Gasteiger partial charge in [-0.3, -0.25) is 9.59 Å². The van der Waals surface area contributed by atoms with Gasteiger partial charge in [0.05, 0.1) is 25.0 Å². The molecule has 0 spiro atoms. The Balaban J connectivity index is 1.58. The van der Waals surface area contributed by atoms with Gasteiger partial charge < -0.3 is 9.47 Å². The first-order valence-corrected chi connectivity index (χ1v) is 17.9. The van der Waals surface area contributed by atoms with Crippen LogP contribution in [0.2, 0.25) is 0 Å². The van der Waals surface area contributed by atoms with Gasteiger partial charge in [0.15, 0.2) is 0 Å². The zero-order chi connectivity index (χ0) is 31.2. The first kappa shape index (κ1) is 35.4. The van der Waals surface area contributed by atoms with Crippen LogP contribution in [0.4, 0.5) is 0 Å². The maximum atomic E-state index is 13.5. The molecule has 3 aliphatic carbocycles. The molecule has 244 valence electrons. The van der Waals surface area contributed by atoms with Gasteiger partial charge >= 0.3 is 11.9 Å². The Morgan fingerprint density at radius 2 is 0.929 bits per heavy atom. The predicted octanol–water partition coefficient (Wildman–Crippen LogP) is 10.1. The Hall–Kier alpha value is -1.06. The lowest BCUT2D eigenvalue weighted by Crippen LogP contribution is -2.39. The van der Waals surface area contributed by atoms with E-state index in [2.05, 4.69) is 69.2 Å². The van der Waals surface area contributed by atoms with Crippen LogP contribution in [0.5, 0.6) is 0 Å². The Morgan fingerprint density at radius 3 is 1.26 bits per heavy atom. The molecule has 10 atom stereocenters. The highest BCUT2D eigenvalue weighted by atomic mass is 16.5. The van der Waals surface area contributed by atoms with E-state index in [1.54, 1.807) is 0 Å². The van der Waals surface area contributed by atoms with Crippen LogP contribution >= 0.6 is 0 Å². The Kier molecular flexibility index (Phi) is 12.9. The molecular formula is C38H68O4. The maximum Gasteiger partial charge on any atom is 0.309 e. The molecule has 42 heavy (non-hydrogen) atoms. The molecule has 4 heteroatoms. The third kappa shape index (κ3) is 10.3. The van der Waals surface area contributed by atoms with Crippen molar-refractivity contribution in [2.75, 3.05) is 13.2 Å². The largest absolute Gasteiger partial charge is 0.465 e. The normalized spacial score (nSPS) is 36.3. The SMILES string of the molecule is CC1CCC(COC(=O)C2CCCCC2C(=O)OCC2CCC(C)C(C)C2CCC(C)(C)C)C(CCC(C)(C)C)C1C. The molecule has 0 aliphatic heterocycles. The van der Waals surface area contributed by atoms with Crippen LogP contribution < -0.4 is 0 Å². The minimum absolute atomic E-state index is 0.152. The molecule has 0 aromatic heterocycles. The number of ether oxygens (including phenoxy) is 2.